The summed E-state index contributed by atoms with van der Waals surface area (Å²) in [5, 5.41) is 3.06. The highest BCUT2D eigenvalue weighted by molar-refractivity contribution is 5.76. The summed E-state index contributed by atoms with van der Waals surface area (Å²) < 4.78 is 5.08. The molecule has 5 nitrogen and oxygen atoms in total. The van der Waals surface area contributed by atoms with Crippen molar-refractivity contribution >= 4 is 5.97 Å². The molecule has 0 spiro atoms. The van der Waals surface area contributed by atoms with E-state index in [1.54, 1.807) is 0 Å². The van der Waals surface area contributed by atoms with Gasteiger partial charge in [-0.1, -0.05) is 13.8 Å². The summed E-state index contributed by atoms with van der Waals surface area (Å²) in [5.41, 5.74) is 0. The number of carbonyl (C=O) groups is 1. The predicted octanol–water partition coefficient (Wildman–Crippen LogP) is 0.554. The lowest BCUT2D eigenvalue weighted by atomic mass is 10.2. The van der Waals surface area contributed by atoms with Gasteiger partial charge in [-0.25, -0.2) is 0 Å². The van der Waals surface area contributed by atoms with Gasteiger partial charge in [-0.3, -0.25) is 14.6 Å². The maximum absolute atomic E-state index is 11.8. The first-order valence-corrected chi connectivity index (χ1v) is 7.46. The molecule has 1 aliphatic rings. The minimum atomic E-state index is -0.213. The van der Waals surface area contributed by atoms with E-state index in [0.717, 1.165) is 32.7 Å². The van der Waals surface area contributed by atoms with E-state index < -0.39 is 0 Å². The molecule has 0 saturated carbocycles. The second-order valence-corrected chi connectivity index (χ2v) is 5.02. The molecule has 1 fully saturated rings. The van der Waals surface area contributed by atoms with E-state index >= 15 is 0 Å². The second kappa shape index (κ2) is 8.51. The van der Waals surface area contributed by atoms with E-state index in [-0.39, 0.29) is 12.0 Å². The van der Waals surface area contributed by atoms with Crippen molar-refractivity contribution in [3.05, 3.63) is 0 Å². The Kier molecular flexibility index (Phi) is 7.34. The SMILES string of the molecule is CCOC(=O)C(CN1CCC(N(CC)CC)C1)NC. The van der Waals surface area contributed by atoms with Gasteiger partial charge in [0.15, 0.2) is 0 Å². The molecule has 2 unspecified atom stereocenters. The van der Waals surface area contributed by atoms with Gasteiger partial charge >= 0.3 is 5.97 Å². The number of hydrogen-bond acceptors (Lipinski definition) is 5. The zero-order valence-corrected chi connectivity index (χ0v) is 12.8. The number of nitrogens with zero attached hydrogens (tertiary/aromatic N) is 2. The zero-order valence-electron chi connectivity index (χ0n) is 12.8. The molecule has 1 N–H and O–H groups in total. The Morgan fingerprint density at radius 2 is 2.11 bits per heavy atom. The van der Waals surface area contributed by atoms with Crippen molar-refractivity contribution in [2.45, 2.75) is 39.3 Å². The van der Waals surface area contributed by atoms with Crippen LogP contribution in [0.15, 0.2) is 0 Å². The Labute approximate surface area is 117 Å². The molecule has 0 radical (unpaired) electrons. The lowest BCUT2D eigenvalue weighted by molar-refractivity contribution is -0.146. The number of carbonyl (C=O) groups excluding carboxylic acids is 1. The molecule has 0 aromatic rings. The fraction of sp³-hybridized carbons (Fsp3) is 0.929. The van der Waals surface area contributed by atoms with E-state index in [9.17, 15) is 4.79 Å². The van der Waals surface area contributed by atoms with Crippen molar-refractivity contribution in [1.29, 1.82) is 0 Å². The summed E-state index contributed by atoms with van der Waals surface area (Å²) in [6.45, 7) is 11.8. The Bertz CT molecular complexity index is 269. The fourth-order valence-electron chi connectivity index (χ4n) is 2.80. The van der Waals surface area contributed by atoms with Crippen molar-refractivity contribution < 1.29 is 9.53 Å². The maximum atomic E-state index is 11.8. The molecular formula is C14H29N3O2. The van der Waals surface area contributed by atoms with Crippen LogP contribution in [0.25, 0.3) is 0 Å². The number of hydrogen-bond donors (Lipinski definition) is 1. The summed E-state index contributed by atoms with van der Waals surface area (Å²) in [7, 11) is 1.82. The number of likely N-dealkylation sites (N-methyl/N-ethyl adjacent to an activating group) is 2. The van der Waals surface area contributed by atoms with Gasteiger partial charge in [-0.05, 0) is 40.0 Å². The summed E-state index contributed by atoms with van der Waals surface area (Å²) in [6, 6.07) is 0.421. The number of esters is 1. The van der Waals surface area contributed by atoms with Crippen molar-refractivity contribution in [2.24, 2.45) is 0 Å². The molecule has 1 heterocycles. The highest BCUT2D eigenvalue weighted by atomic mass is 16.5. The average Bonchev–Trinajstić information content (AvgIpc) is 2.86. The highest BCUT2D eigenvalue weighted by Gasteiger charge is 2.29. The summed E-state index contributed by atoms with van der Waals surface area (Å²) in [6.07, 6.45) is 1.20. The lowest BCUT2D eigenvalue weighted by Crippen LogP contribution is -2.46. The van der Waals surface area contributed by atoms with E-state index in [2.05, 4.69) is 29.0 Å². The molecule has 0 bridgehead atoms. The smallest absolute Gasteiger partial charge is 0.324 e. The molecule has 0 aromatic heterocycles. The normalized spacial score (nSPS) is 21.8. The van der Waals surface area contributed by atoms with Crippen LogP contribution in [0.4, 0.5) is 0 Å². The van der Waals surface area contributed by atoms with Gasteiger partial charge in [-0.2, -0.15) is 0 Å². The first kappa shape index (κ1) is 16.4. The van der Waals surface area contributed by atoms with Gasteiger partial charge in [0.1, 0.15) is 6.04 Å². The molecule has 112 valence electrons. The van der Waals surface area contributed by atoms with Crippen LogP contribution in [0.3, 0.4) is 0 Å². The Balaban J connectivity index is 2.43. The Hall–Kier alpha value is -0.650. The van der Waals surface area contributed by atoms with Gasteiger partial charge in [-0.15, -0.1) is 0 Å². The van der Waals surface area contributed by atoms with E-state index in [1.165, 1.54) is 6.42 Å². The average molecular weight is 271 g/mol. The molecule has 2 atom stereocenters. The zero-order chi connectivity index (χ0) is 14.3. The third-order valence-corrected chi connectivity index (χ3v) is 3.94. The second-order valence-electron chi connectivity index (χ2n) is 5.02. The number of likely N-dealkylation sites (tertiary alicyclic amines) is 1. The minimum absolute atomic E-state index is 0.142. The van der Waals surface area contributed by atoms with Crippen LogP contribution >= 0.6 is 0 Å². The first-order chi connectivity index (χ1) is 9.15. The first-order valence-electron chi connectivity index (χ1n) is 7.46. The van der Waals surface area contributed by atoms with Crippen LogP contribution in [0.5, 0.6) is 0 Å². The standard InChI is InChI=1S/C14H29N3O2/c1-5-17(6-2)12-8-9-16(10-12)11-13(15-4)14(18)19-7-3/h12-13,15H,5-11H2,1-4H3. The monoisotopic (exact) mass is 271 g/mol. The van der Waals surface area contributed by atoms with Crippen molar-refractivity contribution in [2.75, 3.05) is 46.4 Å². The highest BCUT2D eigenvalue weighted by Crippen LogP contribution is 2.15. The largest absolute Gasteiger partial charge is 0.465 e. The molecule has 1 rings (SSSR count). The summed E-state index contributed by atoms with van der Waals surface area (Å²) >= 11 is 0. The molecule has 0 aromatic carbocycles. The quantitative estimate of drug-likeness (QED) is 0.653. The van der Waals surface area contributed by atoms with Crippen molar-refractivity contribution in [3.8, 4) is 0 Å². The predicted molar refractivity (Wildman–Crippen MR) is 77.2 cm³/mol. The lowest BCUT2D eigenvalue weighted by Gasteiger charge is -2.27. The number of ether oxygens (including phenoxy) is 1. The third kappa shape index (κ3) is 4.75. The molecular weight excluding hydrogens is 242 g/mol. The van der Waals surface area contributed by atoms with Gasteiger partial charge in [0.05, 0.1) is 6.61 Å². The van der Waals surface area contributed by atoms with Gasteiger partial charge in [0, 0.05) is 19.1 Å². The van der Waals surface area contributed by atoms with Crippen LogP contribution in [0, 0.1) is 0 Å². The molecule has 0 aliphatic carbocycles. The van der Waals surface area contributed by atoms with E-state index in [1.807, 2.05) is 14.0 Å². The van der Waals surface area contributed by atoms with Gasteiger partial charge in [0.2, 0.25) is 0 Å². The van der Waals surface area contributed by atoms with Crippen LogP contribution in [0.1, 0.15) is 27.2 Å². The van der Waals surface area contributed by atoms with Crippen LogP contribution in [0.2, 0.25) is 0 Å². The van der Waals surface area contributed by atoms with E-state index in [0.29, 0.717) is 12.6 Å². The summed E-state index contributed by atoms with van der Waals surface area (Å²) in [4.78, 5) is 16.6. The van der Waals surface area contributed by atoms with Gasteiger partial charge < -0.3 is 10.1 Å². The van der Waals surface area contributed by atoms with Gasteiger partial charge in [0.25, 0.3) is 0 Å². The number of nitrogens with one attached hydrogen (secondary N) is 1. The topological polar surface area (TPSA) is 44.8 Å². The van der Waals surface area contributed by atoms with Crippen molar-refractivity contribution in [3.63, 3.8) is 0 Å². The van der Waals surface area contributed by atoms with E-state index in [4.69, 9.17) is 4.74 Å². The Morgan fingerprint density at radius 1 is 1.42 bits per heavy atom. The summed E-state index contributed by atoms with van der Waals surface area (Å²) in [5.74, 6) is -0.142. The van der Waals surface area contributed by atoms with Crippen LogP contribution in [-0.4, -0.2) is 74.2 Å². The van der Waals surface area contributed by atoms with Crippen LogP contribution < -0.4 is 5.32 Å². The molecule has 19 heavy (non-hydrogen) atoms. The molecule has 0 amide bonds. The van der Waals surface area contributed by atoms with Crippen molar-refractivity contribution in [1.82, 2.24) is 15.1 Å². The third-order valence-electron chi connectivity index (χ3n) is 3.94. The molecule has 1 saturated heterocycles. The minimum Gasteiger partial charge on any atom is -0.465 e. The molecule has 1 aliphatic heterocycles. The fourth-order valence-corrected chi connectivity index (χ4v) is 2.80. The number of rotatable bonds is 8. The maximum Gasteiger partial charge on any atom is 0.324 e. The molecule has 5 heteroatoms. The van der Waals surface area contributed by atoms with Crippen LogP contribution in [-0.2, 0) is 9.53 Å². The Morgan fingerprint density at radius 3 is 2.63 bits per heavy atom.